The smallest absolute Gasteiger partial charge is 0.229 e. The summed E-state index contributed by atoms with van der Waals surface area (Å²) in [6, 6.07) is 5.91. The van der Waals surface area contributed by atoms with Crippen LogP contribution in [0.25, 0.3) is 5.82 Å². The number of piperidine rings is 1. The lowest BCUT2D eigenvalue weighted by Gasteiger charge is -2.31. The van der Waals surface area contributed by atoms with Crippen LogP contribution in [0.15, 0.2) is 22.5 Å². The molecule has 30 heavy (non-hydrogen) atoms. The van der Waals surface area contributed by atoms with E-state index in [1.165, 1.54) is 11.3 Å². The molecule has 0 spiro atoms. The predicted octanol–water partition coefficient (Wildman–Crippen LogP) is 3.10. The number of carbonyl (C=O) groups is 1. The van der Waals surface area contributed by atoms with Crippen molar-refractivity contribution in [1.29, 1.82) is 0 Å². The summed E-state index contributed by atoms with van der Waals surface area (Å²) >= 11 is 3.05. The van der Waals surface area contributed by atoms with Crippen molar-refractivity contribution in [3.8, 4) is 5.82 Å². The summed E-state index contributed by atoms with van der Waals surface area (Å²) in [5.41, 5.74) is 1.98. The standard InChI is InChI=1S/C19H24N8OS2/c1-4-29-19-24-23-18(30-19)20-17(28)14-7-9-26(10-8-14)15-5-6-16(22-21-15)27-13(3)11-12(2)25-27/h5-6,11,14H,4,7-10H2,1-3H3,(H,20,23,28). The van der Waals surface area contributed by atoms with Gasteiger partial charge in [-0.25, -0.2) is 4.68 Å². The quantitative estimate of drug-likeness (QED) is 0.457. The van der Waals surface area contributed by atoms with E-state index < -0.39 is 0 Å². The van der Waals surface area contributed by atoms with Crippen molar-refractivity contribution in [2.24, 2.45) is 5.92 Å². The first-order valence-corrected chi connectivity index (χ1v) is 11.7. The molecule has 0 aromatic carbocycles. The monoisotopic (exact) mass is 444 g/mol. The summed E-state index contributed by atoms with van der Waals surface area (Å²) in [5.74, 6) is 2.45. The van der Waals surface area contributed by atoms with Crippen LogP contribution in [-0.4, -0.2) is 54.9 Å². The van der Waals surface area contributed by atoms with Gasteiger partial charge in [0, 0.05) is 24.7 Å². The van der Waals surface area contributed by atoms with Crippen LogP contribution in [0.3, 0.4) is 0 Å². The number of hydrogen-bond acceptors (Lipinski definition) is 9. The second kappa shape index (κ2) is 9.09. The SMILES string of the molecule is CCSc1nnc(NC(=O)C2CCN(c3ccc(-n4nc(C)cc4C)nn3)CC2)s1. The molecule has 0 unspecified atom stereocenters. The van der Waals surface area contributed by atoms with Crippen LogP contribution in [0.4, 0.5) is 10.9 Å². The molecule has 4 heterocycles. The number of thioether (sulfide) groups is 1. The Morgan fingerprint density at radius 3 is 2.53 bits per heavy atom. The molecular weight excluding hydrogens is 420 g/mol. The van der Waals surface area contributed by atoms with E-state index in [9.17, 15) is 4.79 Å². The predicted molar refractivity (Wildman–Crippen MR) is 119 cm³/mol. The first-order chi connectivity index (χ1) is 14.5. The minimum atomic E-state index is -0.0330. The summed E-state index contributed by atoms with van der Waals surface area (Å²) in [6.45, 7) is 7.55. The number of aryl methyl sites for hydroxylation is 2. The van der Waals surface area contributed by atoms with E-state index in [4.69, 9.17) is 0 Å². The number of aromatic nitrogens is 6. The first kappa shape index (κ1) is 20.7. The maximum Gasteiger partial charge on any atom is 0.229 e. The fourth-order valence-corrected chi connectivity index (χ4v) is 5.13. The highest BCUT2D eigenvalue weighted by molar-refractivity contribution is 8.01. The van der Waals surface area contributed by atoms with Crippen molar-refractivity contribution < 1.29 is 4.79 Å². The molecule has 11 heteroatoms. The minimum absolute atomic E-state index is 0.0183. The molecule has 1 N–H and O–H groups in total. The molecule has 1 aliphatic rings. The Labute approximate surface area is 183 Å². The largest absolute Gasteiger partial charge is 0.355 e. The maximum absolute atomic E-state index is 12.6. The van der Waals surface area contributed by atoms with Crippen LogP contribution < -0.4 is 10.2 Å². The zero-order chi connectivity index (χ0) is 21.1. The third kappa shape index (κ3) is 4.62. The van der Waals surface area contributed by atoms with E-state index in [0.29, 0.717) is 10.9 Å². The molecule has 158 valence electrons. The van der Waals surface area contributed by atoms with Crippen LogP contribution in [0.2, 0.25) is 0 Å². The van der Waals surface area contributed by atoms with Crippen molar-refractivity contribution in [3.63, 3.8) is 0 Å². The molecule has 1 saturated heterocycles. The molecule has 4 rings (SSSR count). The molecule has 0 atom stereocenters. The van der Waals surface area contributed by atoms with Crippen LogP contribution in [-0.2, 0) is 4.79 Å². The molecule has 0 radical (unpaired) electrons. The van der Waals surface area contributed by atoms with Crippen LogP contribution in [0.5, 0.6) is 0 Å². The molecule has 0 aliphatic carbocycles. The number of anilines is 2. The van der Waals surface area contributed by atoms with Gasteiger partial charge in [-0.1, -0.05) is 30.0 Å². The number of nitrogens with one attached hydrogen (secondary N) is 1. The summed E-state index contributed by atoms with van der Waals surface area (Å²) in [4.78, 5) is 14.7. The van der Waals surface area contributed by atoms with Gasteiger partial charge >= 0.3 is 0 Å². The van der Waals surface area contributed by atoms with E-state index in [1.54, 1.807) is 16.4 Å². The van der Waals surface area contributed by atoms with Gasteiger partial charge in [-0.2, -0.15) is 5.10 Å². The Balaban J connectivity index is 1.32. The van der Waals surface area contributed by atoms with Crippen LogP contribution >= 0.6 is 23.1 Å². The lowest BCUT2D eigenvalue weighted by atomic mass is 9.96. The molecule has 9 nitrogen and oxygen atoms in total. The van der Waals surface area contributed by atoms with E-state index in [-0.39, 0.29) is 11.8 Å². The molecule has 0 bridgehead atoms. The fourth-order valence-electron chi connectivity index (χ4n) is 3.48. The molecule has 1 aliphatic heterocycles. The van der Waals surface area contributed by atoms with Gasteiger partial charge in [0.2, 0.25) is 11.0 Å². The molecular formula is C19H24N8OS2. The average molecular weight is 445 g/mol. The zero-order valence-corrected chi connectivity index (χ0v) is 18.8. The van der Waals surface area contributed by atoms with Gasteiger partial charge in [0.05, 0.1) is 5.69 Å². The number of carbonyl (C=O) groups excluding carboxylic acids is 1. The second-order valence-electron chi connectivity index (χ2n) is 7.15. The Morgan fingerprint density at radius 1 is 1.17 bits per heavy atom. The second-order valence-corrected chi connectivity index (χ2v) is 9.63. The number of rotatable bonds is 6. The number of nitrogens with zero attached hydrogens (tertiary/aromatic N) is 7. The highest BCUT2D eigenvalue weighted by Crippen LogP contribution is 2.27. The van der Waals surface area contributed by atoms with Crippen molar-refractivity contribution in [2.75, 3.05) is 29.1 Å². The van der Waals surface area contributed by atoms with Crippen LogP contribution in [0.1, 0.15) is 31.2 Å². The third-order valence-corrected chi connectivity index (χ3v) is 6.81. The van der Waals surface area contributed by atoms with E-state index in [0.717, 1.165) is 53.2 Å². The summed E-state index contributed by atoms with van der Waals surface area (Å²) in [7, 11) is 0. The van der Waals surface area contributed by atoms with Gasteiger partial charge in [-0.15, -0.1) is 20.4 Å². The first-order valence-electron chi connectivity index (χ1n) is 9.93. The molecule has 0 saturated carbocycles. The Bertz CT molecular complexity index is 1010. The number of amides is 1. The van der Waals surface area contributed by atoms with Crippen molar-refractivity contribution in [3.05, 3.63) is 29.6 Å². The van der Waals surface area contributed by atoms with Crippen LogP contribution in [0, 0.1) is 19.8 Å². The molecule has 3 aromatic heterocycles. The maximum atomic E-state index is 12.6. The number of hydrogen-bond donors (Lipinski definition) is 1. The highest BCUT2D eigenvalue weighted by atomic mass is 32.2. The zero-order valence-electron chi connectivity index (χ0n) is 17.2. The minimum Gasteiger partial charge on any atom is -0.355 e. The summed E-state index contributed by atoms with van der Waals surface area (Å²) in [6.07, 6.45) is 1.53. The van der Waals surface area contributed by atoms with Crippen molar-refractivity contribution >= 4 is 40.0 Å². The molecule has 1 amide bonds. The van der Waals surface area contributed by atoms with E-state index in [1.807, 2.05) is 32.0 Å². The normalized spacial score (nSPS) is 14.8. The average Bonchev–Trinajstić information content (AvgIpc) is 3.33. The van der Waals surface area contributed by atoms with Gasteiger partial charge in [-0.05, 0) is 50.6 Å². The lowest BCUT2D eigenvalue weighted by molar-refractivity contribution is -0.120. The van der Waals surface area contributed by atoms with Gasteiger partial charge in [-0.3, -0.25) is 4.79 Å². The molecule has 1 fully saturated rings. The Kier molecular flexibility index (Phi) is 6.28. The topological polar surface area (TPSA) is 102 Å². The van der Waals surface area contributed by atoms with Gasteiger partial charge < -0.3 is 10.2 Å². The van der Waals surface area contributed by atoms with Crippen molar-refractivity contribution in [1.82, 2.24) is 30.2 Å². The third-order valence-electron chi connectivity index (χ3n) is 4.96. The lowest BCUT2D eigenvalue weighted by Crippen LogP contribution is -2.38. The molecule has 3 aromatic rings. The van der Waals surface area contributed by atoms with E-state index >= 15 is 0 Å². The summed E-state index contributed by atoms with van der Waals surface area (Å²) < 4.78 is 2.67. The fraction of sp³-hybridized carbons (Fsp3) is 0.474. The van der Waals surface area contributed by atoms with Gasteiger partial charge in [0.25, 0.3) is 0 Å². The summed E-state index contributed by atoms with van der Waals surface area (Å²) in [5, 5.41) is 24.8. The van der Waals surface area contributed by atoms with Crippen molar-refractivity contribution in [2.45, 2.75) is 38.0 Å². The highest BCUT2D eigenvalue weighted by Gasteiger charge is 2.26. The van der Waals surface area contributed by atoms with Gasteiger partial charge in [0.1, 0.15) is 0 Å². The van der Waals surface area contributed by atoms with E-state index in [2.05, 4.69) is 42.6 Å². The Morgan fingerprint density at radius 2 is 1.90 bits per heavy atom. The van der Waals surface area contributed by atoms with Gasteiger partial charge in [0.15, 0.2) is 16.0 Å². The Hall–Kier alpha value is -2.53.